The molecule has 0 saturated heterocycles. The molecule has 0 heterocycles. The molecule has 0 atom stereocenters. The van der Waals surface area contributed by atoms with Crippen molar-refractivity contribution in [3.63, 3.8) is 0 Å². The smallest absolute Gasteiger partial charge is 0.0757 e. The second-order valence-electron chi connectivity index (χ2n) is 5.83. The van der Waals surface area contributed by atoms with Gasteiger partial charge in [-0.25, -0.2) is 0 Å². The predicted molar refractivity (Wildman–Crippen MR) is 82.2 cm³/mol. The van der Waals surface area contributed by atoms with E-state index in [4.69, 9.17) is 7.85 Å². The quantitative estimate of drug-likeness (QED) is 0.595. The summed E-state index contributed by atoms with van der Waals surface area (Å²) >= 11 is 1.92. The third kappa shape index (κ3) is 7.44. The molecular formula is C15H29BS. The lowest BCUT2D eigenvalue weighted by Crippen LogP contribution is -2.16. The zero-order valence-corrected chi connectivity index (χ0v) is 12.5. The van der Waals surface area contributed by atoms with Gasteiger partial charge in [-0.2, -0.15) is 11.8 Å². The maximum absolute atomic E-state index is 6.57. The van der Waals surface area contributed by atoms with Gasteiger partial charge < -0.3 is 0 Å². The monoisotopic (exact) mass is 252 g/mol. The van der Waals surface area contributed by atoms with E-state index < -0.39 is 0 Å². The number of thioether (sulfide) groups is 1. The topological polar surface area (TPSA) is 0 Å². The molecule has 2 radical (unpaired) electrons. The first-order chi connectivity index (χ1) is 8.27. The summed E-state index contributed by atoms with van der Waals surface area (Å²) in [6, 6.07) is 0. The molecule has 1 aliphatic carbocycles. The fourth-order valence-corrected chi connectivity index (χ4v) is 3.79. The van der Waals surface area contributed by atoms with Gasteiger partial charge in [0.2, 0.25) is 0 Å². The summed E-state index contributed by atoms with van der Waals surface area (Å²) in [7, 11) is 6.57. The average molecular weight is 252 g/mol. The van der Waals surface area contributed by atoms with Crippen LogP contribution in [-0.4, -0.2) is 19.9 Å². The lowest BCUT2D eigenvalue weighted by Gasteiger charge is -2.29. The van der Waals surface area contributed by atoms with Crippen molar-refractivity contribution in [1.29, 1.82) is 0 Å². The molecule has 1 rings (SSSR count). The molecule has 0 N–H and O–H groups in total. The van der Waals surface area contributed by atoms with Gasteiger partial charge in [-0.05, 0) is 12.0 Å². The summed E-state index contributed by atoms with van der Waals surface area (Å²) in [5.41, 5.74) is 0. The van der Waals surface area contributed by atoms with Gasteiger partial charge in [-0.3, -0.25) is 0 Å². The molecule has 1 aliphatic rings. The summed E-state index contributed by atoms with van der Waals surface area (Å²) in [4.78, 5) is 0. The lowest BCUT2D eigenvalue weighted by atomic mass is 9.64. The number of hydrogen-bond donors (Lipinski definition) is 0. The highest BCUT2D eigenvalue weighted by molar-refractivity contribution is 7.98. The van der Waals surface area contributed by atoms with Crippen LogP contribution >= 0.6 is 11.8 Å². The predicted octanol–water partition coefficient (Wildman–Crippen LogP) is 5.37. The van der Waals surface area contributed by atoms with Gasteiger partial charge in [0.05, 0.1) is 7.85 Å². The fraction of sp³-hybridized carbons (Fsp3) is 1.00. The van der Waals surface area contributed by atoms with E-state index in [1.54, 1.807) is 0 Å². The molecule has 0 aromatic carbocycles. The zero-order chi connectivity index (χ0) is 12.4. The molecule has 2 heteroatoms. The van der Waals surface area contributed by atoms with E-state index in [0.717, 1.165) is 5.75 Å². The molecule has 0 spiro atoms. The van der Waals surface area contributed by atoms with Gasteiger partial charge in [-0.1, -0.05) is 82.4 Å². The Morgan fingerprint density at radius 3 is 1.47 bits per heavy atom. The molecule has 1 saturated carbocycles. The van der Waals surface area contributed by atoms with E-state index in [1.807, 2.05) is 11.8 Å². The molecular weight excluding hydrogens is 223 g/mol. The Balaban J connectivity index is 2.35. The van der Waals surface area contributed by atoms with Crippen LogP contribution in [0.5, 0.6) is 0 Å². The molecule has 0 amide bonds. The summed E-state index contributed by atoms with van der Waals surface area (Å²) in [5.74, 6) is 1.15. The van der Waals surface area contributed by atoms with Crippen LogP contribution in [0.3, 0.4) is 0 Å². The first kappa shape index (κ1) is 15.5. The van der Waals surface area contributed by atoms with Crippen molar-refractivity contribution in [2.75, 3.05) is 12.0 Å². The molecule has 0 bridgehead atoms. The van der Waals surface area contributed by atoms with Gasteiger partial charge in [-0.15, -0.1) is 0 Å². The lowest BCUT2D eigenvalue weighted by molar-refractivity contribution is 0.464. The van der Waals surface area contributed by atoms with Crippen molar-refractivity contribution in [3.8, 4) is 0 Å². The maximum atomic E-state index is 6.57. The van der Waals surface area contributed by atoms with E-state index in [0.29, 0.717) is 0 Å². The Morgan fingerprint density at radius 2 is 1.12 bits per heavy atom. The van der Waals surface area contributed by atoms with Crippen LogP contribution in [0.25, 0.3) is 0 Å². The molecule has 0 unspecified atom stereocenters. The van der Waals surface area contributed by atoms with Crippen molar-refractivity contribution >= 4 is 19.6 Å². The van der Waals surface area contributed by atoms with Crippen molar-refractivity contribution in [2.24, 2.45) is 0 Å². The second-order valence-corrected chi connectivity index (χ2v) is 6.70. The highest BCUT2D eigenvalue weighted by Gasteiger charge is 2.22. The van der Waals surface area contributed by atoms with Gasteiger partial charge in [0.1, 0.15) is 0 Å². The summed E-state index contributed by atoms with van der Waals surface area (Å²) < 4.78 is 0. The van der Waals surface area contributed by atoms with Crippen LogP contribution in [0, 0.1) is 0 Å². The largest absolute Gasteiger partial charge is 0.166 e. The Labute approximate surface area is 114 Å². The van der Waals surface area contributed by atoms with E-state index in [-0.39, 0.29) is 5.31 Å². The van der Waals surface area contributed by atoms with Gasteiger partial charge in [0, 0.05) is 0 Å². The van der Waals surface area contributed by atoms with Crippen LogP contribution in [0.4, 0.5) is 0 Å². The highest BCUT2D eigenvalue weighted by Crippen LogP contribution is 2.38. The molecule has 17 heavy (non-hydrogen) atoms. The Kier molecular flexibility index (Phi) is 8.52. The highest BCUT2D eigenvalue weighted by atomic mass is 32.2. The van der Waals surface area contributed by atoms with Crippen LogP contribution in [0.15, 0.2) is 0 Å². The minimum absolute atomic E-state index is 0.132. The van der Waals surface area contributed by atoms with E-state index in [1.165, 1.54) is 77.0 Å². The van der Waals surface area contributed by atoms with Crippen LogP contribution in [0.2, 0.25) is 5.31 Å². The Morgan fingerprint density at radius 1 is 0.765 bits per heavy atom. The van der Waals surface area contributed by atoms with Crippen LogP contribution in [-0.2, 0) is 0 Å². The van der Waals surface area contributed by atoms with E-state index >= 15 is 0 Å². The third-order valence-electron chi connectivity index (χ3n) is 4.03. The van der Waals surface area contributed by atoms with Gasteiger partial charge in [0.25, 0.3) is 0 Å². The fourth-order valence-electron chi connectivity index (χ4n) is 2.93. The van der Waals surface area contributed by atoms with Crippen LogP contribution < -0.4 is 0 Å². The molecule has 1 fully saturated rings. The van der Waals surface area contributed by atoms with Gasteiger partial charge >= 0.3 is 0 Å². The van der Waals surface area contributed by atoms with Crippen LogP contribution in [0.1, 0.15) is 77.0 Å². The molecule has 0 aromatic rings. The normalized spacial score (nSPS) is 24.3. The minimum Gasteiger partial charge on any atom is -0.166 e. The minimum atomic E-state index is 0.132. The molecule has 98 valence electrons. The van der Waals surface area contributed by atoms with Crippen molar-refractivity contribution < 1.29 is 0 Å². The first-order valence-electron chi connectivity index (χ1n) is 7.55. The first-order valence-corrected chi connectivity index (χ1v) is 8.94. The molecule has 0 aromatic heterocycles. The zero-order valence-electron chi connectivity index (χ0n) is 11.7. The third-order valence-corrected chi connectivity index (χ3v) is 4.89. The standard InChI is InChI=1S/C15H29BS/c1-17-14-15(16)12-10-8-6-4-2-3-5-7-9-11-13-15/h2-14H2,1H3. The van der Waals surface area contributed by atoms with Crippen molar-refractivity contribution in [2.45, 2.75) is 82.4 Å². The summed E-state index contributed by atoms with van der Waals surface area (Å²) in [5, 5.41) is 0.132. The van der Waals surface area contributed by atoms with E-state index in [2.05, 4.69) is 6.26 Å². The number of hydrogen-bond acceptors (Lipinski definition) is 1. The Hall–Kier alpha value is 0.415. The average Bonchev–Trinajstić information content (AvgIpc) is 2.32. The van der Waals surface area contributed by atoms with Crippen molar-refractivity contribution in [1.82, 2.24) is 0 Å². The number of rotatable bonds is 2. The maximum Gasteiger partial charge on any atom is 0.0757 e. The summed E-state index contributed by atoms with van der Waals surface area (Å²) in [6.07, 6.45) is 18.8. The SMILES string of the molecule is [B]C1(CSC)CCCCCCCCCCCC1. The van der Waals surface area contributed by atoms with E-state index in [9.17, 15) is 0 Å². The molecule has 0 aliphatic heterocycles. The second kappa shape index (κ2) is 9.36. The van der Waals surface area contributed by atoms with Crippen molar-refractivity contribution in [3.05, 3.63) is 0 Å². The summed E-state index contributed by atoms with van der Waals surface area (Å²) in [6.45, 7) is 0. The molecule has 0 nitrogen and oxygen atoms in total. The Bertz CT molecular complexity index is 168. The van der Waals surface area contributed by atoms with Gasteiger partial charge in [0.15, 0.2) is 0 Å².